The van der Waals surface area contributed by atoms with Crippen LogP contribution in [0.5, 0.6) is 0 Å². The molecule has 1 saturated heterocycles. The molecule has 0 spiro atoms. The molecule has 158 valence electrons. The van der Waals surface area contributed by atoms with Crippen LogP contribution in [-0.4, -0.2) is 44.9 Å². The minimum Gasteiger partial charge on any atom is -0.369 e. The number of aryl methyl sites for hydroxylation is 2. The summed E-state index contributed by atoms with van der Waals surface area (Å²) in [7, 11) is 0. The number of nitrogens with two attached hydrogens (primary N) is 1. The lowest BCUT2D eigenvalue weighted by Crippen LogP contribution is -2.45. The quantitative estimate of drug-likeness (QED) is 0.391. The summed E-state index contributed by atoms with van der Waals surface area (Å²) in [5, 5.41) is 6.32. The number of likely N-dealkylation sites (tertiary alicyclic amines) is 1. The van der Waals surface area contributed by atoms with E-state index in [0.29, 0.717) is 43.5 Å². The molecule has 3 rings (SSSR count). The number of rotatable bonds is 3. The Morgan fingerprint density at radius 2 is 1.77 bits per heavy atom. The largest absolute Gasteiger partial charge is 0.369 e. The van der Waals surface area contributed by atoms with E-state index in [1.807, 2.05) is 24.8 Å². The first kappa shape index (κ1) is 21.6. The number of carbonyl (C=O) groups excluding carboxylic acids is 1. The van der Waals surface area contributed by atoms with Crippen molar-refractivity contribution < 1.29 is 9.18 Å². The number of benzene rings is 1. The Bertz CT molecular complexity index is 936. The van der Waals surface area contributed by atoms with E-state index in [9.17, 15) is 9.18 Å². The zero-order valence-corrected chi connectivity index (χ0v) is 17.7. The molecule has 0 radical (unpaired) electrons. The Hall–Kier alpha value is -3.14. The van der Waals surface area contributed by atoms with Crippen molar-refractivity contribution in [2.75, 3.05) is 23.7 Å². The SMILES string of the molecule is Cc1cc(C)nc(N/C(=N/C(=S)Nc2ccc(F)cc2)N2CCC(C(N)=O)CC2)n1. The van der Waals surface area contributed by atoms with Gasteiger partial charge in [0.2, 0.25) is 22.9 Å². The number of anilines is 2. The second-order valence-electron chi connectivity index (χ2n) is 7.14. The molecule has 30 heavy (non-hydrogen) atoms. The van der Waals surface area contributed by atoms with Crippen LogP contribution in [0.25, 0.3) is 0 Å². The highest BCUT2D eigenvalue weighted by Gasteiger charge is 2.25. The van der Waals surface area contributed by atoms with Gasteiger partial charge in [0.25, 0.3) is 0 Å². The van der Waals surface area contributed by atoms with E-state index in [2.05, 4.69) is 25.6 Å². The Balaban J connectivity index is 1.80. The van der Waals surface area contributed by atoms with Gasteiger partial charge < -0.3 is 16.0 Å². The van der Waals surface area contributed by atoms with E-state index in [0.717, 1.165) is 11.4 Å². The van der Waals surface area contributed by atoms with Crippen molar-refractivity contribution in [3.8, 4) is 0 Å². The predicted octanol–water partition coefficient (Wildman–Crippen LogP) is 2.59. The number of nitrogens with one attached hydrogen (secondary N) is 2. The molecule has 1 aliphatic heterocycles. The van der Waals surface area contributed by atoms with Crippen LogP contribution in [0.1, 0.15) is 24.2 Å². The fraction of sp³-hybridized carbons (Fsp3) is 0.350. The maximum atomic E-state index is 13.1. The highest BCUT2D eigenvalue weighted by Crippen LogP contribution is 2.18. The van der Waals surface area contributed by atoms with Crippen LogP contribution in [-0.2, 0) is 4.79 Å². The summed E-state index contributed by atoms with van der Waals surface area (Å²) < 4.78 is 13.1. The zero-order valence-electron chi connectivity index (χ0n) is 16.9. The minimum absolute atomic E-state index is 0.149. The zero-order chi connectivity index (χ0) is 21.7. The molecule has 0 aliphatic carbocycles. The number of thiocarbonyl (C=S) groups is 1. The fourth-order valence-corrected chi connectivity index (χ4v) is 3.42. The summed E-state index contributed by atoms with van der Waals surface area (Å²) in [6, 6.07) is 7.71. The fourth-order valence-electron chi connectivity index (χ4n) is 3.22. The number of amides is 1. The number of piperidine rings is 1. The Morgan fingerprint density at radius 3 is 2.33 bits per heavy atom. The molecule has 1 amide bonds. The van der Waals surface area contributed by atoms with Gasteiger partial charge >= 0.3 is 0 Å². The maximum absolute atomic E-state index is 13.1. The topological polar surface area (TPSA) is 109 Å². The molecule has 0 atom stereocenters. The number of hydrogen-bond donors (Lipinski definition) is 3. The normalized spacial score (nSPS) is 15.0. The first-order valence-corrected chi connectivity index (χ1v) is 10.00. The van der Waals surface area contributed by atoms with E-state index >= 15 is 0 Å². The van der Waals surface area contributed by atoms with Gasteiger partial charge in [-0.3, -0.25) is 10.1 Å². The molecule has 8 nitrogen and oxygen atoms in total. The van der Waals surface area contributed by atoms with E-state index in [-0.39, 0.29) is 22.8 Å². The average molecular weight is 430 g/mol. The molecule has 0 saturated carbocycles. The second-order valence-corrected chi connectivity index (χ2v) is 7.52. The van der Waals surface area contributed by atoms with Gasteiger partial charge in [0.05, 0.1) is 0 Å². The molecule has 2 aromatic rings. The summed E-state index contributed by atoms with van der Waals surface area (Å²) in [6.45, 7) is 4.94. The van der Waals surface area contributed by atoms with Gasteiger partial charge in [0, 0.05) is 36.1 Å². The van der Waals surface area contributed by atoms with Gasteiger partial charge in [0.15, 0.2) is 0 Å². The standard InChI is InChI=1S/C20H24FN7OS/c1-12-11-13(2)24-18(23-12)26-19(28-9-7-14(8-10-28)17(22)29)27-20(30)25-16-5-3-15(21)4-6-16/h3-6,11,14H,7-10H2,1-2H3,(H2,22,29)(H2,23,24,25,26,27,30). The third kappa shape index (κ3) is 5.93. The number of guanidine groups is 1. The molecular formula is C20H24FN7OS. The highest BCUT2D eigenvalue weighted by molar-refractivity contribution is 7.80. The molecule has 0 unspecified atom stereocenters. The summed E-state index contributed by atoms with van der Waals surface area (Å²) in [5.74, 6) is 0.119. The van der Waals surface area contributed by atoms with Crippen molar-refractivity contribution in [1.29, 1.82) is 0 Å². The molecular weight excluding hydrogens is 405 g/mol. The third-order valence-electron chi connectivity index (χ3n) is 4.71. The van der Waals surface area contributed by atoms with Gasteiger partial charge in [0.1, 0.15) is 5.82 Å². The highest BCUT2D eigenvalue weighted by atomic mass is 32.1. The summed E-state index contributed by atoms with van der Waals surface area (Å²) in [6.07, 6.45) is 1.25. The lowest BCUT2D eigenvalue weighted by molar-refractivity contribution is -0.122. The molecule has 1 fully saturated rings. The average Bonchev–Trinajstić information content (AvgIpc) is 2.68. The molecule has 1 aromatic heterocycles. The van der Waals surface area contributed by atoms with Crippen molar-refractivity contribution in [2.24, 2.45) is 16.6 Å². The van der Waals surface area contributed by atoms with E-state index in [4.69, 9.17) is 18.0 Å². The van der Waals surface area contributed by atoms with Crippen LogP contribution in [0, 0.1) is 25.6 Å². The van der Waals surface area contributed by atoms with E-state index < -0.39 is 0 Å². The second kappa shape index (κ2) is 9.57. The number of primary amides is 1. The van der Waals surface area contributed by atoms with E-state index in [1.165, 1.54) is 12.1 Å². The van der Waals surface area contributed by atoms with Crippen molar-refractivity contribution in [3.63, 3.8) is 0 Å². The van der Waals surface area contributed by atoms with Gasteiger partial charge in [-0.2, -0.15) is 4.99 Å². The summed E-state index contributed by atoms with van der Waals surface area (Å²) >= 11 is 5.37. The number of halogens is 1. The van der Waals surface area contributed by atoms with Gasteiger partial charge in [-0.25, -0.2) is 14.4 Å². The Labute approximate surface area is 179 Å². The van der Waals surface area contributed by atoms with Crippen molar-refractivity contribution in [3.05, 3.63) is 47.5 Å². The van der Waals surface area contributed by atoms with Crippen LogP contribution in [0.3, 0.4) is 0 Å². The summed E-state index contributed by atoms with van der Waals surface area (Å²) in [4.78, 5) is 26.8. The van der Waals surface area contributed by atoms with Crippen molar-refractivity contribution in [2.45, 2.75) is 26.7 Å². The van der Waals surface area contributed by atoms with Crippen LogP contribution in [0.2, 0.25) is 0 Å². The lowest BCUT2D eigenvalue weighted by atomic mass is 9.96. The minimum atomic E-state index is -0.332. The Morgan fingerprint density at radius 1 is 1.17 bits per heavy atom. The van der Waals surface area contributed by atoms with Gasteiger partial charge in [-0.05, 0) is 69.2 Å². The first-order valence-electron chi connectivity index (χ1n) is 9.59. The molecule has 10 heteroatoms. The molecule has 1 aromatic carbocycles. The van der Waals surface area contributed by atoms with Crippen molar-refractivity contribution >= 4 is 40.8 Å². The first-order chi connectivity index (χ1) is 14.3. The molecule has 2 heterocycles. The van der Waals surface area contributed by atoms with Crippen LogP contribution in [0.15, 0.2) is 35.3 Å². The number of nitrogens with zero attached hydrogens (tertiary/aromatic N) is 4. The maximum Gasteiger partial charge on any atom is 0.229 e. The number of aromatic nitrogens is 2. The monoisotopic (exact) mass is 429 g/mol. The van der Waals surface area contributed by atoms with Crippen LogP contribution >= 0.6 is 12.2 Å². The smallest absolute Gasteiger partial charge is 0.229 e. The number of aliphatic imine (C=N–C) groups is 1. The number of carbonyl (C=O) groups is 1. The van der Waals surface area contributed by atoms with Crippen LogP contribution < -0.4 is 16.4 Å². The predicted molar refractivity (Wildman–Crippen MR) is 119 cm³/mol. The third-order valence-corrected chi connectivity index (χ3v) is 4.90. The van der Waals surface area contributed by atoms with Gasteiger partial charge in [-0.15, -0.1) is 0 Å². The Kier molecular flexibility index (Phi) is 6.88. The van der Waals surface area contributed by atoms with Gasteiger partial charge in [-0.1, -0.05) is 0 Å². The summed E-state index contributed by atoms with van der Waals surface area (Å²) in [5.41, 5.74) is 7.71. The molecule has 0 bridgehead atoms. The van der Waals surface area contributed by atoms with Crippen LogP contribution in [0.4, 0.5) is 16.0 Å². The number of hydrogen-bond acceptors (Lipinski definition) is 4. The molecule has 4 N–H and O–H groups in total. The molecule has 1 aliphatic rings. The van der Waals surface area contributed by atoms with E-state index in [1.54, 1.807) is 12.1 Å². The lowest BCUT2D eigenvalue weighted by Gasteiger charge is -2.32. The van der Waals surface area contributed by atoms with Crippen molar-refractivity contribution in [1.82, 2.24) is 14.9 Å².